The third-order valence-electron chi connectivity index (χ3n) is 4.00. The van der Waals surface area contributed by atoms with E-state index in [0.717, 1.165) is 31.7 Å². The Morgan fingerprint density at radius 2 is 2.09 bits per heavy atom. The Kier molecular flexibility index (Phi) is 4.86. The third-order valence-corrected chi connectivity index (χ3v) is 6.54. The highest BCUT2D eigenvalue weighted by Crippen LogP contribution is 2.24. The van der Waals surface area contributed by atoms with E-state index in [1.54, 1.807) is 31.3 Å². The van der Waals surface area contributed by atoms with Crippen LogP contribution in [0.15, 0.2) is 29.3 Å². The Labute approximate surface area is 144 Å². The molecule has 0 unspecified atom stereocenters. The fraction of sp³-hybridized carbons (Fsp3) is 0.429. The first-order valence-electron chi connectivity index (χ1n) is 7.27. The predicted octanol–water partition coefficient (Wildman–Crippen LogP) is 2.45. The fourth-order valence-electron chi connectivity index (χ4n) is 2.69. The molecule has 1 aromatic heterocycles. The Morgan fingerprint density at radius 1 is 1.35 bits per heavy atom. The van der Waals surface area contributed by atoms with Crippen LogP contribution in [0.4, 0.5) is 5.82 Å². The van der Waals surface area contributed by atoms with Crippen molar-refractivity contribution in [2.24, 2.45) is 0 Å². The lowest BCUT2D eigenvalue weighted by molar-refractivity contribution is 0.458. The molecule has 0 atom stereocenters. The molecule has 0 radical (unpaired) electrons. The molecule has 1 aromatic carbocycles. The summed E-state index contributed by atoms with van der Waals surface area (Å²) in [4.78, 5) is 2.37. The molecular formula is C14H17ClN4O2S2. The average molecular weight is 373 g/mol. The van der Waals surface area contributed by atoms with E-state index in [2.05, 4.69) is 18.4 Å². The molecule has 0 aliphatic carbocycles. The van der Waals surface area contributed by atoms with Crippen LogP contribution in [0.5, 0.6) is 0 Å². The van der Waals surface area contributed by atoms with Crippen molar-refractivity contribution in [2.45, 2.75) is 30.7 Å². The number of aromatic nitrogens is 2. The van der Waals surface area contributed by atoms with Crippen molar-refractivity contribution < 1.29 is 8.42 Å². The third kappa shape index (κ3) is 3.65. The van der Waals surface area contributed by atoms with Gasteiger partial charge in [-0.3, -0.25) is 0 Å². The predicted molar refractivity (Wildman–Crippen MR) is 91.7 cm³/mol. The van der Waals surface area contributed by atoms with Gasteiger partial charge in [-0.2, -0.15) is 8.75 Å². The molecule has 3 rings (SSSR count). The van der Waals surface area contributed by atoms with Crippen LogP contribution in [-0.4, -0.2) is 36.3 Å². The van der Waals surface area contributed by atoms with Gasteiger partial charge in [-0.15, -0.1) is 0 Å². The van der Waals surface area contributed by atoms with Gasteiger partial charge in [0.15, 0.2) is 5.82 Å². The Morgan fingerprint density at radius 3 is 2.74 bits per heavy atom. The summed E-state index contributed by atoms with van der Waals surface area (Å²) in [6.07, 6.45) is 3.21. The lowest BCUT2D eigenvalue weighted by atomic mass is 10.1. The van der Waals surface area contributed by atoms with E-state index in [0.29, 0.717) is 10.6 Å². The number of rotatable bonds is 4. The van der Waals surface area contributed by atoms with Crippen molar-refractivity contribution in [3.8, 4) is 0 Å². The van der Waals surface area contributed by atoms with Crippen LogP contribution < -0.4 is 9.62 Å². The van der Waals surface area contributed by atoms with Gasteiger partial charge in [-0.05, 0) is 37.5 Å². The molecular weight excluding hydrogens is 356 g/mol. The number of anilines is 1. The maximum Gasteiger partial charge on any atom is 0.241 e. The molecule has 6 nitrogen and oxygen atoms in total. The monoisotopic (exact) mass is 372 g/mol. The number of sulfonamides is 1. The lowest BCUT2D eigenvalue weighted by Gasteiger charge is -2.32. The zero-order valence-corrected chi connectivity index (χ0v) is 15.0. The van der Waals surface area contributed by atoms with Gasteiger partial charge in [0.2, 0.25) is 10.0 Å². The quantitative estimate of drug-likeness (QED) is 0.892. The molecule has 1 fully saturated rings. The molecule has 1 saturated heterocycles. The summed E-state index contributed by atoms with van der Waals surface area (Å²) in [6, 6.07) is 4.85. The maximum atomic E-state index is 12.6. The van der Waals surface area contributed by atoms with Crippen LogP contribution in [0.25, 0.3) is 0 Å². The molecule has 1 aliphatic heterocycles. The first-order chi connectivity index (χ1) is 11.0. The van der Waals surface area contributed by atoms with Crippen molar-refractivity contribution in [2.75, 3.05) is 18.0 Å². The summed E-state index contributed by atoms with van der Waals surface area (Å²) in [5.74, 6) is 0.863. The van der Waals surface area contributed by atoms with Crippen LogP contribution in [0.1, 0.15) is 18.4 Å². The summed E-state index contributed by atoms with van der Waals surface area (Å²) in [6.45, 7) is 3.23. The summed E-state index contributed by atoms with van der Waals surface area (Å²) >= 11 is 7.21. The molecule has 0 saturated carbocycles. The van der Waals surface area contributed by atoms with E-state index in [1.165, 1.54) is 11.7 Å². The molecule has 1 N–H and O–H groups in total. The van der Waals surface area contributed by atoms with Crippen molar-refractivity contribution in [3.63, 3.8) is 0 Å². The Bertz CT molecular complexity index is 772. The van der Waals surface area contributed by atoms with Crippen molar-refractivity contribution in [1.82, 2.24) is 13.5 Å². The first-order valence-corrected chi connectivity index (χ1v) is 9.86. The van der Waals surface area contributed by atoms with E-state index in [-0.39, 0.29) is 10.9 Å². The van der Waals surface area contributed by atoms with Gasteiger partial charge in [0.05, 0.1) is 22.8 Å². The minimum Gasteiger partial charge on any atom is -0.354 e. The lowest BCUT2D eigenvalue weighted by Crippen LogP contribution is -2.44. The molecule has 1 aliphatic rings. The van der Waals surface area contributed by atoms with Crippen molar-refractivity contribution >= 4 is 39.2 Å². The summed E-state index contributed by atoms with van der Waals surface area (Å²) in [7, 11) is -3.56. The molecule has 124 valence electrons. The van der Waals surface area contributed by atoms with E-state index >= 15 is 0 Å². The van der Waals surface area contributed by atoms with Crippen molar-refractivity contribution in [1.29, 1.82) is 0 Å². The van der Waals surface area contributed by atoms with E-state index in [1.807, 2.05) is 0 Å². The molecule has 23 heavy (non-hydrogen) atoms. The zero-order chi connectivity index (χ0) is 16.4. The van der Waals surface area contributed by atoms with Gasteiger partial charge in [0, 0.05) is 24.2 Å². The van der Waals surface area contributed by atoms with Crippen LogP contribution in [0.3, 0.4) is 0 Å². The van der Waals surface area contributed by atoms with Gasteiger partial charge >= 0.3 is 0 Å². The number of nitrogens with one attached hydrogen (secondary N) is 1. The topological polar surface area (TPSA) is 75.2 Å². The highest BCUT2D eigenvalue weighted by atomic mass is 35.5. The maximum absolute atomic E-state index is 12.6. The van der Waals surface area contributed by atoms with Crippen LogP contribution >= 0.6 is 23.3 Å². The second kappa shape index (κ2) is 6.72. The smallest absolute Gasteiger partial charge is 0.241 e. The Balaban J connectivity index is 1.67. The van der Waals surface area contributed by atoms with Gasteiger partial charge in [0.1, 0.15) is 0 Å². The summed E-state index contributed by atoms with van der Waals surface area (Å²) < 4.78 is 36.2. The number of benzene rings is 1. The van der Waals surface area contributed by atoms with Crippen LogP contribution in [-0.2, 0) is 10.0 Å². The first kappa shape index (κ1) is 16.6. The molecule has 2 aromatic rings. The molecule has 2 heterocycles. The molecule has 9 heteroatoms. The summed E-state index contributed by atoms with van der Waals surface area (Å²) in [5.41, 5.74) is 0.577. The number of hydrogen-bond donors (Lipinski definition) is 1. The SMILES string of the molecule is Cc1c(Cl)cccc1S(=O)(=O)NC1CCN(c2cnsn2)CC1. The highest BCUT2D eigenvalue weighted by Gasteiger charge is 2.26. The highest BCUT2D eigenvalue weighted by molar-refractivity contribution is 7.89. The van der Waals surface area contributed by atoms with E-state index in [4.69, 9.17) is 11.6 Å². The second-order valence-corrected chi connectivity index (χ2v) is 8.16. The largest absolute Gasteiger partial charge is 0.354 e. The number of hydrogen-bond acceptors (Lipinski definition) is 6. The van der Waals surface area contributed by atoms with E-state index in [9.17, 15) is 8.42 Å². The van der Waals surface area contributed by atoms with E-state index < -0.39 is 10.0 Å². The molecule has 0 spiro atoms. The van der Waals surface area contributed by atoms with Gasteiger partial charge in [0.25, 0.3) is 0 Å². The zero-order valence-electron chi connectivity index (χ0n) is 12.6. The number of halogens is 1. The summed E-state index contributed by atoms with van der Waals surface area (Å²) in [5, 5.41) is 0.457. The van der Waals surface area contributed by atoms with Crippen LogP contribution in [0.2, 0.25) is 5.02 Å². The van der Waals surface area contributed by atoms with Crippen molar-refractivity contribution in [3.05, 3.63) is 35.0 Å². The second-order valence-electron chi connectivity index (χ2n) is 5.51. The minimum atomic E-state index is -3.56. The van der Waals surface area contributed by atoms with Gasteiger partial charge < -0.3 is 4.90 Å². The van der Waals surface area contributed by atoms with Gasteiger partial charge in [-0.1, -0.05) is 17.7 Å². The Hall–Kier alpha value is -1.22. The minimum absolute atomic E-state index is 0.0822. The molecule has 0 bridgehead atoms. The van der Waals surface area contributed by atoms with Crippen LogP contribution in [0, 0.1) is 6.92 Å². The molecule has 0 amide bonds. The standard InChI is InChI=1S/C14H17ClN4O2S2/c1-10-12(15)3-2-4-13(10)23(20,21)18-11-5-7-19(8-6-11)14-9-16-22-17-14/h2-4,9,11,18H,5-8H2,1H3. The van der Waals surface area contributed by atoms with Gasteiger partial charge in [-0.25, -0.2) is 13.1 Å². The number of piperidine rings is 1. The average Bonchev–Trinajstić information content (AvgIpc) is 3.04. The fourth-order valence-corrected chi connectivity index (χ4v) is 4.92. The normalized spacial score (nSPS) is 16.7. The number of nitrogens with zero attached hydrogens (tertiary/aromatic N) is 3.